The van der Waals surface area contributed by atoms with Crippen molar-refractivity contribution in [2.24, 2.45) is 0 Å². The zero-order valence-corrected chi connectivity index (χ0v) is 13.2. The lowest BCUT2D eigenvalue weighted by Crippen LogP contribution is -2.33. The van der Waals surface area contributed by atoms with Gasteiger partial charge in [-0.25, -0.2) is 0 Å². The molecule has 0 fully saturated rings. The molecule has 2 N–H and O–H groups in total. The van der Waals surface area contributed by atoms with Gasteiger partial charge >= 0.3 is 5.51 Å². The van der Waals surface area contributed by atoms with Crippen LogP contribution in [0.15, 0.2) is 24.3 Å². The Bertz CT molecular complexity index is 711. The van der Waals surface area contributed by atoms with Gasteiger partial charge in [0.1, 0.15) is 0 Å². The number of hydrogen-bond donors (Lipinski definition) is 2. The molecule has 1 heterocycles. The molecule has 3 rings (SSSR count). The molecule has 3 nitrogen and oxygen atoms in total. The van der Waals surface area contributed by atoms with E-state index in [0.717, 1.165) is 41.4 Å². The summed E-state index contributed by atoms with van der Waals surface area (Å²) in [4.78, 5) is 15.7. The lowest BCUT2D eigenvalue weighted by molar-refractivity contribution is -0.122. The first-order valence-corrected chi connectivity index (χ1v) is 8.52. The number of thioether (sulfide) groups is 1. The molecular formula is C16H17F3N2OS. The Kier molecular flexibility index (Phi) is 4.57. The molecule has 0 bridgehead atoms. The van der Waals surface area contributed by atoms with E-state index in [1.54, 1.807) is 0 Å². The van der Waals surface area contributed by atoms with Crippen LogP contribution in [0.1, 0.15) is 30.0 Å². The highest BCUT2D eigenvalue weighted by molar-refractivity contribution is 8.00. The van der Waals surface area contributed by atoms with E-state index in [-0.39, 0.29) is 35.9 Å². The smallest absolute Gasteiger partial charge is 0.357 e. The van der Waals surface area contributed by atoms with Gasteiger partial charge < -0.3 is 10.3 Å². The number of H-pyrrole nitrogens is 1. The minimum atomic E-state index is -4.25. The van der Waals surface area contributed by atoms with E-state index in [2.05, 4.69) is 10.3 Å². The lowest BCUT2D eigenvalue weighted by Gasteiger charge is -2.22. The SMILES string of the molecule is O=C(NCCSC(F)(F)F)C1CCCc2c1[nH]c1ccccc21. The molecule has 1 aromatic heterocycles. The van der Waals surface area contributed by atoms with E-state index in [1.165, 1.54) is 0 Å². The molecule has 1 aliphatic carbocycles. The third kappa shape index (κ3) is 3.65. The maximum atomic E-state index is 12.3. The number of amides is 1. The molecule has 7 heteroatoms. The fourth-order valence-electron chi connectivity index (χ4n) is 3.14. The van der Waals surface area contributed by atoms with Crippen LogP contribution < -0.4 is 5.32 Å². The number of nitrogens with one attached hydrogen (secondary N) is 2. The number of benzene rings is 1. The van der Waals surface area contributed by atoms with Crippen LogP contribution in [-0.2, 0) is 11.2 Å². The maximum absolute atomic E-state index is 12.3. The molecule has 0 saturated heterocycles. The van der Waals surface area contributed by atoms with Gasteiger partial charge in [-0.1, -0.05) is 18.2 Å². The van der Waals surface area contributed by atoms with Crippen molar-refractivity contribution in [3.8, 4) is 0 Å². The van der Waals surface area contributed by atoms with Crippen LogP contribution in [0.25, 0.3) is 10.9 Å². The minimum Gasteiger partial charge on any atom is -0.357 e. The fraction of sp³-hybridized carbons (Fsp3) is 0.438. The van der Waals surface area contributed by atoms with E-state index in [1.807, 2.05) is 24.3 Å². The first kappa shape index (κ1) is 16.2. The Balaban J connectivity index is 1.69. The summed E-state index contributed by atoms with van der Waals surface area (Å²) in [6.07, 6.45) is 2.55. The highest BCUT2D eigenvalue weighted by atomic mass is 32.2. The average molecular weight is 342 g/mol. The Morgan fingerprint density at radius 3 is 2.91 bits per heavy atom. The zero-order valence-electron chi connectivity index (χ0n) is 12.4. The van der Waals surface area contributed by atoms with E-state index in [0.29, 0.717) is 0 Å². The molecule has 1 atom stereocenters. The number of carbonyl (C=O) groups excluding carboxylic acids is 1. The molecule has 1 amide bonds. The second-order valence-corrected chi connectivity index (χ2v) is 6.75. The number of hydrogen-bond acceptors (Lipinski definition) is 2. The largest absolute Gasteiger partial charge is 0.441 e. The number of halogens is 3. The monoisotopic (exact) mass is 342 g/mol. The molecule has 0 radical (unpaired) electrons. The van der Waals surface area contributed by atoms with Crippen molar-refractivity contribution >= 4 is 28.6 Å². The summed E-state index contributed by atoms with van der Waals surface area (Å²) >= 11 is -0.111. The first-order chi connectivity index (χ1) is 11.0. The summed E-state index contributed by atoms with van der Waals surface area (Å²) in [7, 11) is 0. The summed E-state index contributed by atoms with van der Waals surface area (Å²) in [5.74, 6) is -0.663. The van der Waals surface area contributed by atoms with Crippen molar-refractivity contribution in [2.75, 3.05) is 12.3 Å². The van der Waals surface area contributed by atoms with Crippen molar-refractivity contribution < 1.29 is 18.0 Å². The van der Waals surface area contributed by atoms with Crippen LogP contribution in [0.2, 0.25) is 0 Å². The van der Waals surface area contributed by atoms with E-state index in [4.69, 9.17) is 0 Å². The Morgan fingerprint density at radius 2 is 2.13 bits per heavy atom. The lowest BCUT2D eigenvalue weighted by atomic mass is 9.86. The minimum absolute atomic E-state index is 0.0229. The Labute approximate surface area is 136 Å². The molecule has 124 valence electrons. The summed E-state index contributed by atoms with van der Waals surface area (Å²) in [5, 5.41) is 3.76. The number of para-hydroxylation sites is 1. The third-order valence-corrected chi connectivity index (χ3v) is 4.83. The van der Waals surface area contributed by atoms with Crippen LogP contribution in [0.5, 0.6) is 0 Å². The van der Waals surface area contributed by atoms with Gasteiger partial charge in [-0.3, -0.25) is 4.79 Å². The van der Waals surface area contributed by atoms with Gasteiger partial charge in [0.05, 0.1) is 5.92 Å². The summed E-state index contributed by atoms with van der Waals surface area (Å²) in [5.41, 5.74) is -1.17. The predicted octanol–water partition coefficient (Wildman–Crippen LogP) is 3.96. The van der Waals surface area contributed by atoms with Gasteiger partial charge in [-0.2, -0.15) is 13.2 Å². The number of aromatic nitrogens is 1. The topological polar surface area (TPSA) is 44.9 Å². The Morgan fingerprint density at radius 1 is 1.35 bits per heavy atom. The molecule has 1 aliphatic rings. The van der Waals surface area contributed by atoms with Crippen molar-refractivity contribution in [3.05, 3.63) is 35.5 Å². The zero-order chi connectivity index (χ0) is 16.4. The summed E-state index contributed by atoms with van der Waals surface area (Å²) < 4.78 is 36.3. The number of fused-ring (bicyclic) bond motifs is 3. The number of carbonyl (C=O) groups is 1. The van der Waals surface area contributed by atoms with Crippen LogP contribution in [0.4, 0.5) is 13.2 Å². The Hall–Kier alpha value is -1.63. The van der Waals surface area contributed by atoms with E-state index >= 15 is 0 Å². The molecule has 1 unspecified atom stereocenters. The van der Waals surface area contributed by atoms with Gasteiger partial charge in [0.25, 0.3) is 0 Å². The summed E-state index contributed by atoms with van der Waals surface area (Å²) in [6, 6.07) is 7.91. The van der Waals surface area contributed by atoms with Crippen LogP contribution in [0, 0.1) is 0 Å². The molecule has 0 saturated carbocycles. The summed E-state index contributed by atoms with van der Waals surface area (Å²) in [6.45, 7) is 0.0229. The van der Waals surface area contributed by atoms with Crippen LogP contribution in [-0.4, -0.2) is 28.7 Å². The predicted molar refractivity (Wildman–Crippen MR) is 85.5 cm³/mol. The molecule has 1 aromatic carbocycles. The first-order valence-electron chi connectivity index (χ1n) is 7.53. The fourth-order valence-corrected chi connectivity index (χ4v) is 3.58. The quantitative estimate of drug-likeness (QED) is 0.826. The van der Waals surface area contributed by atoms with Gasteiger partial charge in [0.2, 0.25) is 5.91 Å². The average Bonchev–Trinajstić information content (AvgIpc) is 2.89. The van der Waals surface area contributed by atoms with Gasteiger partial charge in [-0.05, 0) is 42.7 Å². The third-order valence-electron chi connectivity index (χ3n) is 4.10. The number of aromatic amines is 1. The maximum Gasteiger partial charge on any atom is 0.441 e. The van der Waals surface area contributed by atoms with Crippen molar-refractivity contribution in [3.63, 3.8) is 0 Å². The molecule has 0 spiro atoms. The number of alkyl halides is 3. The van der Waals surface area contributed by atoms with Crippen molar-refractivity contribution in [1.82, 2.24) is 10.3 Å². The number of rotatable bonds is 4. The highest BCUT2D eigenvalue weighted by Gasteiger charge is 2.30. The van der Waals surface area contributed by atoms with E-state index < -0.39 is 5.51 Å². The highest BCUT2D eigenvalue weighted by Crippen LogP contribution is 2.36. The molecule has 0 aliphatic heterocycles. The second-order valence-electron chi connectivity index (χ2n) is 5.59. The standard InChI is InChI=1S/C16H17F3N2OS/c17-16(18,19)23-9-8-20-15(22)12-6-3-5-11-10-4-1-2-7-13(10)21-14(11)12/h1-2,4,7,12,21H,3,5-6,8-9H2,(H,20,22). The molecule has 2 aromatic rings. The van der Waals surface area contributed by atoms with Gasteiger partial charge in [0, 0.05) is 28.9 Å². The van der Waals surface area contributed by atoms with E-state index in [9.17, 15) is 18.0 Å². The number of aryl methyl sites for hydroxylation is 1. The molecule has 23 heavy (non-hydrogen) atoms. The van der Waals surface area contributed by atoms with Crippen molar-refractivity contribution in [1.29, 1.82) is 0 Å². The van der Waals surface area contributed by atoms with Crippen LogP contribution >= 0.6 is 11.8 Å². The van der Waals surface area contributed by atoms with Crippen molar-refractivity contribution in [2.45, 2.75) is 30.7 Å². The van der Waals surface area contributed by atoms with Crippen LogP contribution in [0.3, 0.4) is 0 Å². The molecular weight excluding hydrogens is 325 g/mol. The van der Waals surface area contributed by atoms with Gasteiger partial charge in [0.15, 0.2) is 0 Å². The van der Waals surface area contributed by atoms with Gasteiger partial charge in [-0.15, -0.1) is 0 Å². The normalized spacial score (nSPS) is 18.0. The second kappa shape index (κ2) is 6.47.